The van der Waals surface area contributed by atoms with E-state index in [9.17, 15) is 4.79 Å². The molecular weight excluding hydrogens is 298 g/mol. The highest BCUT2D eigenvalue weighted by atomic mass is 16.5. The molecule has 0 radical (unpaired) electrons. The van der Waals surface area contributed by atoms with Crippen molar-refractivity contribution >= 4 is 11.7 Å². The van der Waals surface area contributed by atoms with E-state index in [0.717, 1.165) is 23.3 Å². The SMILES string of the molecule is CCCN=C(Cc1ccccc1)C(C(=O)OCC)c1ccccc1. The Kier molecular flexibility index (Phi) is 7.21. The number of rotatable bonds is 8. The fourth-order valence-corrected chi connectivity index (χ4v) is 2.65. The molecule has 0 bridgehead atoms. The number of hydrogen-bond donors (Lipinski definition) is 0. The van der Waals surface area contributed by atoms with E-state index in [1.54, 1.807) is 0 Å². The van der Waals surface area contributed by atoms with Crippen LogP contribution in [0, 0.1) is 0 Å². The van der Waals surface area contributed by atoms with Crippen molar-refractivity contribution in [2.45, 2.75) is 32.6 Å². The summed E-state index contributed by atoms with van der Waals surface area (Å²) in [7, 11) is 0. The Balaban J connectivity index is 2.38. The van der Waals surface area contributed by atoms with E-state index in [1.165, 1.54) is 0 Å². The lowest BCUT2D eigenvalue weighted by Gasteiger charge is -2.19. The topological polar surface area (TPSA) is 38.7 Å². The molecule has 0 aliphatic rings. The minimum Gasteiger partial charge on any atom is -0.465 e. The Hall–Kier alpha value is -2.42. The van der Waals surface area contributed by atoms with Gasteiger partial charge in [0.05, 0.1) is 6.61 Å². The number of ether oxygens (including phenoxy) is 1. The number of esters is 1. The third kappa shape index (κ3) is 5.05. The molecule has 24 heavy (non-hydrogen) atoms. The average molecular weight is 323 g/mol. The summed E-state index contributed by atoms with van der Waals surface area (Å²) in [6.45, 7) is 5.00. The summed E-state index contributed by atoms with van der Waals surface area (Å²) >= 11 is 0. The summed E-state index contributed by atoms with van der Waals surface area (Å²) in [5.74, 6) is -0.674. The zero-order valence-electron chi connectivity index (χ0n) is 14.4. The van der Waals surface area contributed by atoms with Gasteiger partial charge in [-0.05, 0) is 24.5 Å². The molecule has 0 aromatic heterocycles. The predicted molar refractivity (Wildman–Crippen MR) is 98.6 cm³/mol. The van der Waals surface area contributed by atoms with Crippen LogP contribution in [-0.4, -0.2) is 24.8 Å². The van der Waals surface area contributed by atoms with Gasteiger partial charge in [-0.15, -0.1) is 0 Å². The minimum absolute atomic E-state index is 0.227. The third-order valence-electron chi connectivity index (χ3n) is 3.75. The van der Waals surface area contributed by atoms with Crippen molar-refractivity contribution in [3.8, 4) is 0 Å². The maximum atomic E-state index is 12.6. The van der Waals surface area contributed by atoms with Gasteiger partial charge in [-0.3, -0.25) is 9.79 Å². The first kappa shape index (κ1) is 17.9. The molecule has 3 nitrogen and oxygen atoms in total. The van der Waals surface area contributed by atoms with Crippen LogP contribution in [0.2, 0.25) is 0 Å². The lowest BCUT2D eigenvalue weighted by molar-refractivity contribution is -0.143. The van der Waals surface area contributed by atoms with E-state index in [-0.39, 0.29) is 5.97 Å². The largest absolute Gasteiger partial charge is 0.465 e. The highest BCUT2D eigenvalue weighted by Gasteiger charge is 2.27. The Bertz CT molecular complexity index is 650. The van der Waals surface area contributed by atoms with Crippen LogP contribution in [-0.2, 0) is 16.0 Å². The molecule has 0 amide bonds. The lowest BCUT2D eigenvalue weighted by Crippen LogP contribution is -2.26. The second-order valence-electron chi connectivity index (χ2n) is 5.63. The standard InChI is InChI=1S/C21H25NO2/c1-3-15-22-19(16-17-11-7-5-8-12-17)20(21(23)24-4-2)18-13-9-6-10-14-18/h5-14,20H,3-4,15-16H2,1-2H3. The highest BCUT2D eigenvalue weighted by Crippen LogP contribution is 2.22. The van der Waals surface area contributed by atoms with Crippen molar-refractivity contribution in [1.29, 1.82) is 0 Å². The van der Waals surface area contributed by atoms with Gasteiger partial charge in [0.2, 0.25) is 0 Å². The zero-order valence-corrected chi connectivity index (χ0v) is 14.4. The summed E-state index contributed by atoms with van der Waals surface area (Å²) in [6.07, 6.45) is 1.60. The predicted octanol–water partition coefficient (Wildman–Crippen LogP) is 4.43. The first-order chi connectivity index (χ1) is 11.8. The van der Waals surface area contributed by atoms with Crippen molar-refractivity contribution in [3.05, 3.63) is 71.8 Å². The molecule has 0 aliphatic heterocycles. The summed E-state index contributed by atoms with van der Waals surface area (Å²) in [5.41, 5.74) is 2.95. The average Bonchev–Trinajstić information content (AvgIpc) is 2.62. The smallest absolute Gasteiger partial charge is 0.319 e. The van der Waals surface area contributed by atoms with Crippen LogP contribution in [0.3, 0.4) is 0 Å². The van der Waals surface area contributed by atoms with E-state index in [2.05, 4.69) is 19.1 Å². The summed E-state index contributed by atoms with van der Waals surface area (Å²) in [5, 5.41) is 0. The number of carbonyl (C=O) groups excluding carboxylic acids is 1. The Morgan fingerprint density at radius 3 is 2.21 bits per heavy atom. The minimum atomic E-state index is -0.446. The monoisotopic (exact) mass is 323 g/mol. The molecule has 1 atom stereocenters. The van der Waals surface area contributed by atoms with Crippen molar-refractivity contribution in [2.24, 2.45) is 4.99 Å². The Morgan fingerprint density at radius 2 is 1.62 bits per heavy atom. The molecule has 3 heteroatoms. The van der Waals surface area contributed by atoms with Gasteiger partial charge in [0.25, 0.3) is 0 Å². The lowest BCUT2D eigenvalue weighted by atomic mass is 9.90. The third-order valence-corrected chi connectivity index (χ3v) is 3.75. The molecule has 0 saturated heterocycles. The van der Waals surface area contributed by atoms with E-state index in [1.807, 2.05) is 55.5 Å². The first-order valence-electron chi connectivity index (χ1n) is 8.55. The molecule has 2 rings (SSSR count). The molecule has 0 heterocycles. The molecule has 0 aliphatic carbocycles. The number of benzene rings is 2. The Labute approximate surface area is 144 Å². The van der Waals surface area contributed by atoms with Gasteiger partial charge in [0.15, 0.2) is 0 Å². The quantitative estimate of drug-likeness (QED) is 0.532. The highest BCUT2D eigenvalue weighted by molar-refractivity contribution is 6.08. The van der Waals surface area contributed by atoms with Crippen molar-refractivity contribution in [1.82, 2.24) is 0 Å². The van der Waals surface area contributed by atoms with Crippen LogP contribution < -0.4 is 0 Å². The van der Waals surface area contributed by atoms with Gasteiger partial charge in [-0.1, -0.05) is 67.6 Å². The van der Waals surface area contributed by atoms with E-state index in [0.29, 0.717) is 19.6 Å². The summed E-state index contributed by atoms with van der Waals surface area (Å²) < 4.78 is 5.34. The molecule has 0 spiro atoms. The van der Waals surface area contributed by atoms with Gasteiger partial charge >= 0.3 is 5.97 Å². The van der Waals surface area contributed by atoms with Crippen LogP contribution >= 0.6 is 0 Å². The molecular formula is C21H25NO2. The van der Waals surface area contributed by atoms with Crippen LogP contribution in [0.25, 0.3) is 0 Å². The zero-order chi connectivity index (χ0) is 17.2. The molecule has 0 N–H and O–H groups in total. The second kappa shape index (κ2) is 9.66. The molecule has 2 aromatic rings. The second-order valence-corrected chi connectivity index (χ2v) is 5.63. The molecule has 0 fully saturated rings. The van der Waals surface area contributed by atoms with Gasteiger partial charge in [-0.2, -0.15) is 0 Å². The fourth-order valence-electron chi connectivity index (χ4n) is 2.65. The normalized spacial score (nSPS) is 12.7. The van der Waals surface area contributed by atoms with Crippen LogP contribution in [0.1, 0.15) is 37.3 Å². The van der Waals surface area contributed by atoms with Crippen LogP contribution in [0.4, 0.5) is 0 Å². The van der Waals surface area contributed by atoms with Crippen LogP contribution in [0.15, 0.2) is 65.7 Å². The number of hydrogen-bond acceptors (Lipinski definition) is 3. The molecule has 0 saturated carbocycles. The summed E-state index contributed by atoms with van der Waals surface area (Å²) in [4.78, 5) is 17.4. The van der Waals surface area contributed by atoms with Crippen LogP contribution in [0.5, 0.6) is 0 Å². The van der Waals surface area contributed by atoms with Crippen molar-refractivity contribution in [2.75, 3.05) is 13.2 Å². The Morgan fingerprint density at radius 1 is 1.00 bits per heavy atom. The number of carbonyl (C=O) groups is 1. The van der Waals surface area contributed by atoms with E-state index in [4.69, 9.17) is 9.73 Å². The summed E-state index contributed by atoms with van der Waals surface area (Å²) in [6, 6.07) is 19.9. The maximum absolute atomic E-state index is 12.6. The van der Waals surface area contributed by atoms with E-state index >= 15 is 0 Å². The van der Waals surface area contributed by atoms with Gasteiger partial charge in [0.1, 0.15) is 5.92 Å². The van der Waals surface area contributed by atoms with Gasteiger partial charge in [-0.25, -0.2) is 0 Å². The maximum Gasteiger partial charge on any atom is 0.319 e. The van der Waals surface area contributed by atoms with Gasteiger partial charge in [0, 0.05) is 18.7 Å². The number of nitrogens with zero attached hydrogens (tertiary/aromatic N) is 1. The van der Waals surface area contributed by atoms with Crippen molar-refractivity contribution < 1.29 is 9.53 Å². The molecule has 1 unspecified atom stereocenters. The molecule has 126 valence electrons. The van der Waals surface area contributed by atoms with E-state index < -0.39 is 5.92 Å². The fraction of sp³-hybridized carbons (Fsp3) is 0.333. The molecule has 2 aromatic carbocycles. The number of aliphatic imine (C=N–C) groups is 1. The first-order valence-corrected chi connectivity index (χ1v) is 8.55. The van der Waals surface area contributed by atoms with Gasteiger partial charge < -0.3 is 4.74 Å². The van der Waals surface area contributed by atoms with Crippen molar-refractivity contribution in [3.63, 3.8) is 0 Å².